The molecule has 20 heavy (non-hydrogen) atoms. The minimum Gasteiger partial charge on any atom is -0.481 e. The van der Waals surface area contributed by atoms with Crippen LogP contribution in [0.15, 0.2) is 0 Å². The third-order valence-electron chi connectivity index (χ3n) is 4.97. The van der Waals surface area contributed by atoms with Crippen LogP contribution in [0.5, 0.6) is 0 Å². The Bertz CT molecular complexity index is 371. The molecule has 0 aromatic rings. The van der Waals surface area contributed by atoms with Crippen molar-refractivity contribution in [2.75, 3.05) is 6.54 Å². The first-order chi connectivity index (χ1) is 9.51. The molecule has 0 aliphatic heterocycles. The van der Waals surface area contributed by atoms with Crippen molar-refractivity contribution in [3.05, 3.63) is 0 Å². The van der Waals surface area contributed by atoms with Crippen LogP contribution in [0.1, 0.15) is 45.4 Å². The van der Waals surface area contributed by atoms with Crippen LogP contribution >= 0.6 is 0 Å². The summed E-state index contributed by atoms with van der Waals surface area (Å²) < 4.78 is 0. The highest BCUT2D eigenvalue weighted by Gasteiger charge is 2.42. The molecular formula is C15H25NO4. The molecule has 3 unspecified atom stereocenters. The minimum absolute atomic E-state index is 0.116. The highest BCUT2D eigenvalue weighted by atomic mass is 16.4. The van der Waals surface area contributed by atoms with E-state index in [1.54, 1.807) is 0 Å². The van der Waals surface area contributed by atoms with Crippen LogP contribution in [0.25, 0.3) is 0 Å². The van der Waals surface area contributed by atoms with Crippen molar-refractivity contribution in [3.8, 4) is 0 Å². The number of hydrogen-bond acceptors (Lipinski definition) is 3. The van der Waals surface area contributed by atoms with Gasteiger partial charge in [0, 0.05) is 6.54 Å². The summed E-state index contributed by atoms with van der Waals surface area (Å²) in [4.78, 5) is 23.5. The zero-order valence-electron chi connectivity index (χ0n) is 12.0. The fourth-order valence-electron chi connectivity index (χ4n) is 3.65. The fourth-order valence-corrected chi connectivity index (χ4v) is 3.65. The Kier molecular flexibility index (Phi) is 5.02. The number of carboxylic acid groups (broad SMARTS) is 1. The van der Waals surface area contributed by atoms with Gasteiger partial charge in [-0.25, -0.2) is 0 Å². The summed E-state index contributed by atoms with van der Waals surface area (Å²) in [5.41, 5.74) is 0. The maximum Gasteiger partial charge on any atom is 0.307 e. The van der Waals surface area contributed by atoms with Gasteiger partial charge in [-0.1, -0.05) is 13.3 Å². The van der Waals surface area contributed by atoms with E-state index in [4.69, 9.17) is 0 Å². The summed E-state index contributed by atoms with van der Waals surface area (Å²) in [5, 5.41) is 21.6. The molecule has 114 valence electrons. The van der Waals surface area contributed by atoms with Crippen LogP contribution in [0.3, 0.4) is 0 Å². The van der Waals surface area contributed by atoms with E-state index in [-0.39, 0.29) is 17.9 Å². The number of hydrogen-bond donors (Lipinski definition) is 3. The van der Waals surface area contributed by atoms with Crippen LogP contribution in [-0.4, -0.2) is 34.7 Å². The van der Waals surface area contributed by atoms with Crippen molar-refractivity contribution in [2.45, 2.75) is 51.6 Å². The zero-order valence-corrected chi connectivity index (χ0v) is 12.0. The number of aliphatic hydroxyl groups excluding tert-OH is 1. The smallest absolute Gasteiger partial charge is 0.307 e. The van der Waals surface area contributed by atoms with Crippen LogP contribution in [0.4, 0.5) is 0 Å². The van der Waals surface area contributed by atoms with Crippen molar-refractivity contribution in [1.82, 2.24) is 5.32 Å². The van der Waals surface area contributed by atoms with Gasteiger partial charge in [0.2, 0.25) is 5.91 Å². The van der Waals surface area contributed by atoms with E-state index in [2.05, 4.69) is 5.32 Å². The second kappa shape index (κ2) is 6.57. The molecule has 5 heteroatoms. The number of carboxylic acids is 1. The summed E-state index contributed by atoms with van der Waals surface area (Å²) in [6.07, 6.45) is 4.48. The number of carbonyl (C=O) groups excluding carboxylic acids is 1. The topological polar surface area (TPSA) is 86.6 Å². The lowest BCUT2D eigenvalue weighted by Gasteiger charge is -2.17. The normalized spacial score (nSPS) is 37.0. The van der Waals surface area contributed by atoms with Gasteiger partial charge in [0.05, 0.1) is 17.9 Å². The Labute approximate surface area is 119 Å². The Morgan fingerprint density at radius 2 is 1.80 bits per heavy atom. The Morgan fingerprint density at radius 3 is 2.35 bits per heavy atom. The van der Waals surface area contributed by atoms with Crippen LogP contribution in [-0.2, 0) is 9.59 Å². The molecular weight excluding hydrogens is 258 g/mol. The molecule has 0 aromatic heterocycles. The monoisotopic (exact) mass is 283 g/mol. The van der Waals surface area contributed by atoms with Gasteiger partial charge >= 0.3 is 5.97 Å². The lowest BCUT2D eigenvalue weighted by molar-refractivity contribution is -0.146. The number of amides is 1. The molecule has 2 aliphatic carbocycles. The molecule has 2 aliphatic rings. The summed E-state index contributed by atoms with van der Waals surface area (Å²) >= 11 is 0. The van der Waals surface area contributed by atoms with Crippen molar-refractivity contribution in [2.24, 2.45) is 23.7 Å². The van der Waals surface area contributed by atoms with E-state index in [0.717, 1.165) is 25.7 Å². The molecule has 0 spiro atoms. The summed E-state index contributed by atoms with van der Waals surface area (Å²) in [7, 11) is 0. The molecule has 0 saturated heterocycles. The standard InChI is InChI=1S/C15H25NO4/c1-2-9-6-12(13(7-9)15(19)20)14(18)16-8-10-3-4-11(17)5-10/h9-13,17H,2-8H2,1H3,(H,16,18)(H,19,20)/t9?,10?,11?,12-,13+/m0/s1. The maximum atomic E-state index is 12.2. The molecule has 2 saturated carbocycles. The molecule has 5 atom stereocenters. The quantitative estimate of drug-likeness (QED) is 0.712. The van der Waals surface area contributed by atoms with Gasteiger partial charge in [-0.3, -0.25) is 9.59 Å². The van der Waals surface area contributed by atoms with Crippen LogP contribution in [0.2, 0.25) is 0 Å². The molecule has 0 aromatic carbocycles. The van der Waals surface area contributed by atoms with Crippen molar-refractivity contribution in [3.63, 3.8) is 0 Å². The predicted molar refractivity (Wildman–Crippen MR) is 74.0 cm³/mol. The van der Waals surface area contributed by atoms with E-state index in [0.29, 0.717) is 31.2 Å². The first kappa shape index (κ1) is 15.3. The van der Waals surface area contributed by atoms with E-state index < -0.39 is 11.9 Å². The molecule has 0 heterocycles. The molecule has 3 N–H and O–H groups in total. The lowest BCUT2D eigenvalue weighted by Crippen LogP contribution is -2.37. The largest absolute Gasteiger partial charge is 0.481 e. The third kappa shape index (κ3) is 3.51. The number of aliphatic hydroxyl groups is 1. The van der Waals surface area contributed by atoms with Gasteiger partial charge in [0.25, 0.3) is 0 Å². The summed E-state index contributed by atoms with van der Waals surface area (Å²) in [5.74, 6) is -1.20. The molecule has 2 fully saturated rings. The third-order valence-corrected chi connectivity index (χ3v) is 4.97. The number of aliphatic carboxylic acids is 1. The summed E-state index contributed by atoms with van der Waals surface area (Å²) in [6, 6.07) is 0. The molecule has 1 amide bonds. The Balaban J connectivity index is 1.85. The average Bonchev–Trinajstić information content (AvgIpc) is 3.02. The second-order valence-corrected chi connectivity index (χ2v) is 6.37. The number of nitrogens with one attached hydrogen (secondary N) is 1. The Morgan fingerprint density at radius 1 is 1.10 bits per heavy atom. The van der Waals surface area contributed by atoms with E-state index in [1.165, 1.54) is 0 Å². The van der Waals surface area contributed by atoms with Gasteiger partial charge in [0.1, 0.15) is 0 Å². The van der Waals surface area contributed by atoms with Gasteiger partial charge in [-0.2, -0.15) is 0 Å². The summed E-state index contributed by atoms with van der Waals surface area (Å²) in [6.45, 7) is 2.61. The van der Waals surface area contributed by atoms with Gasteiger partial charge in [0.15, 0.2) is 0 Å². The zero-order chi connectivity index (χ0) is 14.7. The van der Waals surface area contributed by atoms with E-state index in [1.807, 2.05) is 6.92 Å². The fraction of sp³-hybridized carbons (Fsp3) is 0.867. The molecule has 2 rings (SSSR count). The maximum absolute atomic E-state index is 12.2. The molecule has 0 bridgehead atoms. The van der Waals surface area contributed by atoms with E-state index >= 15 is 0 Å². The first-order valence-corrected chi connectivity index (χ1v) is 7.69. The van der Waals surface area contributed by atoms with Crippen LogP contribution in [0, 0.1) is 23.7 Å². The molecule has 5 nitrogen and oxygen atoms in total. The highest BCUT2D eigenvalue weighted by Crippen LogP contribution is 2.38. The minimum atomic E-state index is -0.850. The lowest BCUT2D eigenvalue weighted by atomic mass is 9.95. The van der Waals surface area contributed by atoms with Crippen molar-refractivity contribution < 1.29 is 19.8 Å². The Hall–Kier alpha value is -1.10. The van der Waals surface area contributed by atoms with Gasteiger partial charge in [-0.05, 0) is 43.9 Å². The molecule has 0 radical (unpaired) electrons. The first-order valence-electron chi connectivity index (χ1n) is 7.69. The van der Waals surface area contributed by atoms with Crippen LogP contribution < -0.4 is 5.32 Å². The van der Waals surface area contributed by atoms with Gasteiger partial charge < -0.3 is 15.5 Å². The number of carbonyl (C=O) groups is 2. The second-order valence-electron chi connectivity index (χ2n) is 6.37. The van der Waals surface area contributed by atoms with E-state index in [9.17, 15) is 19.8 Å². The predicted octanol–water partition coefficient (Wildman–Crippen LogP) is 1.40. The van der Waals surface area contributed by atoms with Gasteiger partial charge in [-0.15, -0.1) is 0 Å². The number of rotatable bonds is 5. The highest BCUT2D eigenvalue weighted by molar-refractivity contribution is 5.85. The van der Waals surface area contributed by atoms with Crippen molar-refractivity contribution in [1.29, 1.82) is 0 Å². The SMILES string of the molecule is CCC1C[C@H](C(=O)NCC2CCC(O)C2)[C@H](C(=O)O)C1. The average molecular weight is 283 g/mol. The van der Waals surface area contributed by atoms with Crippen molar-refractivity contribution >= 4 is 11.9 Å².